The minimum Gasteiger partial charge on any atom is -0.342 e. The van der Waals surface area contributed by atoms with Gasteiger partial charge in [-0.15, -0.1) is 0 Å². The summed E-state index contributed by atoms with van der Waals surface area (Å²) in [7, 11) is -4.16. The van der Waals surface area contributed by atoms with Gasteiger partial charge in [-0.25, -0.2) is 5.14 Å². The normalized spacial score (nSPS) is 44.8. The number of hydrogen-bond acceptors (Lipinski definition) is 8. The van der Waals surface area contributed by atoms with E-state index < -0.39 is 46.0 Å². The summed E-state index contributed by atoms with van der Waals surface area (Å²) in [6.45, 7) is 8.42. The maximum atomic E-state index is 11.2. The van der Waals surface area contributed by atoms with E-state index in [1.54, 1.807) is 34.6 Å². The highest BCUT2D eigenvalue weighted by atomic mass is 32.2. The molecule has 2 N–H and O–H groups in total. The molecule has 0 spiro atoms. The monoisotopic (exact) mass is 353 g/mol. The first kappa shape index (κ1) is 17.5. The molecule has 0 amide bonds. The minimum absolute atomic E-state index is 0.150. The standard InChI is InChI=1S/C13H23NO8S/c1-10(2)19-8-6-17-13(7-18-23(14,15)16)12(5,9(8)20-10)21-11(3,4)22-13/h8-9H,6-7H2,1-5H3,(H2,14,15,16)/t8-,9-,12+,13+/m1/s1. The summed E-state index contributed by atoms with van der Waals surface area (Å²) < 4.78 is 56.7. The average Bonchev–Trinajstić information content (AvgIpc) is 2.76. The van der Waals surface area contributed by atoms with Crippen molar-refractivity contribution in [2.24, 2.45) is 5.14 Å². The van der Waals surface area contributed by atoms with Gasteiger partial charge >= 0.3 is 10.3 Å². The zero-order chi connectivity index (χ0) is 17.3. The molecule has 0 aromatic rings. The Hall–Kier alpha value is -0.330. The van der Waals surface area contributed by atoms with E-state index in [2.05, 4.69) is 0 Å². The molecule has 3 rings (SSSR count). The maximum absolute atomic E-state index is 11.2. The highest BCUT2D eigenvalue weighted by Crippen LogP contribution is 2.54. The number of hydrogen-bond donors (Lipinski definition) is 1. The van der Waals surface area contributed by atoms with Crippen molar-refractivity contribution < 1.29 is 36.3 Å². The van der Waals surface area contributed by atoms with Crippen molar-refractivity contribution in [1.82, 2.24) is 0 Å². The number of rotatable bonds is 3. The average molecular weight is 353 g/mol. The van der Waals surface area contributed by atoms with Crippen molar-refractivity contribution in [3.05, 3.63) is 0 Å². The molecule has 0 unspecified atom stereocenters. The van der Waals surface area contributed by atoms with Gasteiger partial charge in [0.15, 0.2) is 17.2 Å². The van der Waals surface area contributed by atoms with Crippen molar-refractivity contribution in [3.63, 3.8) is 0 Å². The Morgan fingerprint density at radius 3 is 2.35 bits per heavy atom. The van der Waals surface area contributed by atoms with Crippen LogP contribution in [-0.4, -0.2) is 56.8 Å². The van der Waals surface area contributed by atoms with Crippen LogP contribution in [0, 0.1) is 0 Å². The van der Waals surface area contributed by atoms with Gasteiger partial charge in [-0.1, -0.05) is 0 Å². The van der Waals surface area contributed by atoms with Gasteiger partial charge < -0.3 is 23.7 Å². The third kappa shape index (κ3) is 2.91. The van der Waals surface area contributed by atoms with Gasteiger partial charge in [0.05, 0.1) is 6.61 Å². The van der Waals surface area contributed by atoms with Gasteiger partial charge in [-0.3, -0.25) is 4.18 Å². The first-order valence-electron chi connectivity index (χ1n) is 7.35. The Bertz CT molecular complexity index is 605. The molecule has 0 bridgehead atoms. The van der Waals surface area contributed by atoms with Crippen LogP contribution in [0.5, 0.6) is 0 Å². The van der Waals surface area contributed by atoms with E-state index in [0.717, 1.165) is 0 Å². The highest BCUT2D eigenvalue weighted by Gasteiger charge is 2.73. The van der Waals surface area contributed by atoms with E-state index in [1.165, 1.54) is 0 Å². The third-order valence-corrected chi connectivity index (χ3v) is 4.69. The van der Waals surface area contributed by atoms with Crippen LogP contribution in [-0.2, 0) is 38.2 Å². The van der Waals surface area contributed by atoms with Gasteiger partial charge in [0.25, 0.3) is 0 Å². The van der Waals surface area contributed by atoms with Crippen molar-refractivity contribution in [2.75, 3.05) is 13.2 Å². The molecule has 0 aliphatic carbocycles. The van der Waals surface area contributed by atoms with Gasteiger partial charge in [-0.05, 0) is 34.6 Å². The zero-order valence-corrected chi connectivity index (χ0v) is 14.6. The summed E-state index contributed by atoms with van der Waals surface area (Å²) in [5.74, 6) is -3.32. The van der Waals surface area contributed by atoms with E-state index >= 15 is 0 Å². The molecule has 0 radical (unpaired) electrons. The first-order chi connectivity index (χ1) is 10.3. The Kier molecular flexibility index (Phi) is 3.69. The van der Waals surface area contributed by atoms with E-state index in [0.29, 0.717) is 0 Å². The van der Waals surface area contributed by atoms with E-state index in [4.69, 9.17) is 33.0 Å². The molecule has 23 heavy (non-hydrogen) atoms. The lowest BCUT2D eigenvalue weighted by molar-refractivity contribution is -0.311. The third-order valence-electron chi connectivity index (χ3n) is 4.25. The number of ether oxygens (including phenoxy) is 5. The molecular formula is C13H23NO8S. The SMILES string of the molecule is CC1(C)O[C@@H]2[C@@H](CO[C@@]3(COS(N)(=O)=O)OC(C)(C)O[C@@]23C)O1. The maximum Gasteiger partial charge on any atom is 0.333 e. The zero-order valence-electron chi connectivity index (χ0n) is 13.8. The number of fused-ring (bicyclic) bond motifs is 3. The molecule has 0 aromatic carbocycles. The summed E-state index contributed by atoms with van der Waals surface area (Å²) in [5, 5.41) is 4.93. The fourth-order valence-electron chi connectivity index (χ4n) is 3.57. The van der Waals surface area contributed by atoms with Crippen LogP contribution >= 0.6 is 0 Å². The molecular weight excluding hydrogens is 330 g/mol. The lowest BCUT2D eigenvalue weighted by Crippen LogP contribution is -2.68. The highest BCUT2D eigenvalue weighted by molar-refractivity contribution is 7.84. The van der Waals surface area contributed by atoms with E-state index in [1.807, 2.05) is 0 Å². The van der Waals surface area contributed by atoms with Gasteiger partial charge in [0, 0.05) is 0 Å². The summed E-state index contributed by atoms with van der Waals surface area (Å²) in [6, 6.07) is 0. The van der Waals surface area contributed by atoms with Gasteiger partial charge in [0.1, 0.15) is 18.8 Å². The summed E-state index contributed by atoms with van der Waals surface area (Å²) in [4.78, 5) is 0. The van der Waals surface area contributed by atoms with Crippen LogP contribution in [0.4, 0.5) is 0 Å². The van der Waals surface area contributed by atoms with Crippen molar-refractivity contribution in [2.45, 2.75) is 69.8 Å². The van der Waals surface area contributed by atoms with Crippen LogP contribution in [0.1, 0.15) is 34.6 Å². The van der Waals surface area contributed by atoms with Crippen molar-refractivity contribution in [3.8, 4) is 0 Å². The quantitative estimate of drug-likeness (QED) is 0.753. The van der Waals surface area contributed by atoms with Crippen molar-refractivity contribution in [1.29, 1.82) is 0 Å². The predicted molar refractivity (Wildman–Crippen MR) is 76.2 cm³/mol. The van der Waals surface area contributed by atoms with Gasteiger partial charge in [0.2, 0.25) is 5.79 Å². The van der Waals surface area contributed by atoms with Crippen LogP contribution in [0.25, 0.3) is 0 Å². The van der Waals surface area contributed by atoms with Crippen LogP contribution in [0.15, 0.2) is 0 Å². The molecule has 3 aliphatic heterocycles. The van der Waals surface area contributed by atoms with Crippen LogP contribution < -0.4 is 5.14 Å². The lowest BCUT2D eigenvalue weighted by atomic mass is 9.84. The second-order valence-corrected chi connectivity index (χ2v) is 8.35. The summed E-state index contributed by atoms with van der Waals surface area (Å²) in [6.07, 6.45) is -0.882. The molecule has 3 saturated heterocycles. The van der Waals surface area contributed by atoms with E-state index in [-0.39, 0.29) is 12.7 Å². The molecule has 4 atom stereocenters. The first-order valence-corrected chi connectivity index (χ1v) is 8.82. The smallest absolute Gasteiger partial charge is 0.333 e. The second kappa shape index (κ2) is 4.85. The molecule has 3 heterocycles. The second-order valence-electron chi connectivity index (χ2n) is 7.12. The largest absolute Gasteiger partial charge is 0.342 e. The Morgan fingerprint density at radius 1 is 1.09 bits per heavy atom. The molecule has 0 aromatic heterocycles. The Balaban J connectivity index is 1.97. The Morgan fingerprint density at radius 2 is 1.74 bits per heavy atom. The van der Waals surface area contributed by atoms with Gasteiger partial charge in [-0.2, -0.15) is 8.42 Å². The Labute approximate surface area is 135 Å². The molecule has 3 aliphatic rings. The molecule has 3 fully saturated rings. The molecule has 134 valence electrons. The molecule has 10 heteroatoms. The lowest BCUT2D eigenvalue weighted by Gasteiger charge is -2.47. The predicted octanol–water partition coefficient (Wildman–Crippen LogP) is -0.00530. The van der Waals surface area contributed by atoms with Crippen LogP contribution in [0.2, 0.25) is 0 Å². The fraction of sp³-hybridized carbons (Fsp3) is 1.00. The van der Waals surface area contributed by atoms with Crippen molar-refractivity contribution >= 4 is 10.3 Å². The van der Waals surface area contributed by atoms with E-state index in [9.17, 15) is 8.42 Å². The molecule has 9 nitrogen and oxygen atoms in total. The number of nitrogens with two attached hydrogens (primary N) is 1. The minimum atomic E-state index is -4.16. The topological polar surface area (TPSA) is 116 Å². The molecule has 0 saturated carbocycles. The fourth-order valence-corrected chi connectivity index (χ4v) is 3.89. The summed E-state index contributed by atoms with van der Waals surface area (Å²) >= 11 is 0. The van der Waals surface area contributed by atoms with Crippen LogP contribution in [0.3, 0.4) is 0 Å². The summed E-state index contributed by atoms with van der Waals surface area (Å²) in [5.41, 5.74) is -1.14.